The Morgan fingerprint density at radius 2 is 1.16 bits per heavy atom. The minimum atomic E-state index is -0.569. The minimum Gasteiger partial charge on any atom is -0.423 e. The van der Waals surface area contributed by atoms with Gasteiger partial charge in [0.05, 0.1) is 0 Å². The molecule has 0 unspecified atom stereocenters. The molecule has 0 fully saturated rings. The van der Waals surface area contributed by atoms with E-state index >= 15 is 0 Å². The van der Waals surface area contributed by atoms with Crippen LogP contribution in [0.3, 0.4) is 0 Å². The van der Waals surface area contributed by atoms with Crippen LogP contribution in [0.15, 0.2) is 72.8 Å². The van der Waals surface area contributed by atoms with E-state index in [0.717, 1.165) is 0 Å². The number of aryl methyl sites for hydroxylation is 3. The van der Waals surface area contributed by atoms with Gasteiger partial charge in [0.1, 0.15) is 0 Å². The van der Waals surface area contributed by atoms with Crippen molar-refractivity contribution in [2.45, 2.75) is 20.8 Å². The van der Waals surface area contributed by atoms with E-state index in [2.05, 4.69) is 99.1 Å². The Hall–Kier alpha value is -1.14. The summed E-state index contributed by atoms with van der Waals surface area (Å²) >= 11 is 0. The molecule has 0 amide bonds. The van der Waals surface area contributed by atoms with Gasteiger partial charge in [0, 0.05) is 0 Å². The summed E-state index contributed by atoms with van der Waals surface area (Å²) in [6.07, 6.45) is 0. The fraction of sp³-hybridized carbons (Fsp3) is 0.136. The third-order valence-electron chi connectivity index (χ3n) is 3.93. The topological polar surface area (TPSA) is 0 Å². The Morgan fingerprint density at radius 3 is 1.60 bits per heavy atom. The minimum absolute atomic E-state index is 0. The van der Waals surface area contributed by atoms with Gasteiger partial charge < -0.3 is 5.54 Å². The van der Waals surface area contributed by atoms with Gasteiger partial charge in [-0.05, 0) is 47.8 Å². The van der Waals surface area contributed by atoms with E-state index in [1.807, 2.05) is 0 Å². The van der Waals surface area contributed by atoms with Gasteiger partial charge in [0.25, 0.3) is 0 Å². The van der Waals surface area contributed by atoms with Gasteiger partial charge in [-0.15, -0.1) is 0 Å². The maximum Gasteiger partial charge on any atom is 1.00 e. The Morgan fingerprint density at radius 1 is 0.720 bits per heavy atom. The van der Waals surface area contributed by atoms with Crippen LogP contribution in [0.1, 0.15) is 16.7 Å². The first-order valence-electron chi connectivity index (χ1n) is 8.09. The molecule has 3 aromatic rings. The standard InChI is InChI=1S/C22H21P2.Li/c1-17-14-18(2)22(19(3)15-17)23-16-24(20-10-6-4-7-11-20)21-12-8-5-9-13-21;/h4-15H,1-3H3;/q-1;+1. The second-order valence-corrected chi connectivity index (χ2v) is 9.14. The summed E-state index contributed by atoms with van der Waals surface area (Å²) in [7, 11) is 0.614. The normalized spacial score (nSPS) is 10.9. The number of rotatable bonds is 4. The molecule has 0 aliphatic carbocycles. The molecule has 3 aromatic carbocycles. The second kappa shape index (κ2) is 9.53. The fourth-order valence-electron chi connectivity index (χ4n) is 2.87. The summed E-state index contributed by atoms with van der Waals surface area (Å²) < 4.78 is 0. The number of hydrogen-bond acceptors (Lipinski definition) is 0. The van der Waals surface area contributed by atoms with Crippen molar-refractivity contribution < 1.29 is 18.9 Å². The van der Waals surface area contributed by atoms with E-state index in [4.69, 9.17) is 0 Å². The molecule has 0 saturated carbocycles. The largest absolute Gasteiger partial charge is 1.00 e. The van der Waals surface area contributed by atoms with Crippen molar-refractivity contribution in [2.24, 2.45) is 0 Å². The summed E-state index contributed by atoms with van der Waals surface area (Å²) in [5.74, 6) is 0. The maximum absolute atomic E-state index is 3.81. The fourth-order valence-corrected chi connectivity index (χ4v) is 6.31. The summed E-state index contributed by atoms with van der Waals surface area (Å²) in [4.78, 5) is 0. The van der Waals surface area contributed by atoms with Crippen molar-refractivity contribution in [3.8, 4) is 0 Å². The van der Waals surface area contributed by atoms with Crippen molar-refractivity contribution in [1.82, 2.24) is 0 Å². The molecule has 0 aliphatic heterocycles. The average molecular weight is 354 g/mol. The zero-order valence-electron chi connectivity index (χ0n) is 15.3. The smallest absolute Gasteiger partial charge is 0.423 e. The zero-order valence-corrected chi connectivity index (χ0v) is 17.1. The second-order valence-electron chi connectivity index (χ2n) is 5.97. The first-order valence-corrected chi connectivity index (χ1v) is 10.3. The predicted octanol–water partition coefficient (Wildman–Crippen LogP) is 1.96. The molecule has 0 radical (unpaired) electrons. The summed E-state index contributed by atoms with van der Waals surface area (Å²) in [5, 5.41) is 4.10. The summed E-state index contributed by atoms with van der Waals surface area (Å²) in [6.45, 7) is 6.57. The molecular weight excluding hydrogens is 333 g/mol. The molecule has 0 aliphatic rings. The van der Waals surface area contributed by atoms with E-state index in [1.165, 1.54) is 40.8 Å². The number of hydrogen-bond donors (Lipinski definition) is 0. The number of benzene rings is 3. The van der Waals surface area contributed by atoms with Gasteiger partial charge in [-0.2, -0.15) is 0 Å². The van der Waals surface area contributed by atoms with E-state index in [0.29, 0.717) is 0 Å². The van der Waals surface area contributed by atoms with Crippen LogP contribution in [0.25, 0.3) is 0 Å². The Bertz CT molecular complexity index is 780. The molecule has 120 valence electrons. The molecule has 3 heteroatoms. The Balaban J connectivity index is 0.00000225. The van der Waals surface area contributed by atoms with Gasteiger partial charge in [0.2, 0.25) is 0 Å². The molecule has 0 heterocycles. The molecule has 0 aromatic heterocycles. The van der Waals surface area contributed by atoms with Crippen LogP contribution in [-0.4, -0.2) is 5.54 Å². The first-order chi connectivity index (χ1) is 11.6. The van der Waals surface area contributed by atoms with E-state index < -0.39 is 7.92 Å². The van der Waals surface area contributed by atoms with Crippen LogP contribution in [0, 0.1) is 20.8 Å². The predicted molar refractivity (Wildman–Crippen MR) is 111 cm³/mol. The molecule has 25 heavy (non-hydrogen) atoms. The maximum atomic E-state index is 3.81. The molecule has 3 rings (SSSR count). The van der Waals surface area contributed by atoms with Crippen molar-refractivity contribution in [2.75, 3.05) is 0 Å². The Labute approximate surface area is 166 Å². The summed E-state index contributed by atoms with van der Waals surface area (Å²) in [6, 6.07) is 26.0. The van der Waals surface area contributed by atoms with Crippen LogP contribution in [0.4, 0.5) is 0 Å². The van der Waals surface area contributed by atoms with Gasteiger partial charge in [-0.25, -0.2) is 7.92 Å². The van der Waals surface area contributed by atoms with Crippen LogP contribution in [-0.2, 0) is 0 Å². The average Bonchev–Trinajstić information content (AvgIpc) is 2.59. The quantitative estimate of drug-likeness (QED) is 0.382. The first kappa shape index (κ1) is 20.2. The van der Waals surface area contributed by atoms with Gasteiger partial charge in [0.15, 0.2) is 0 Å². The molecule has 0 N–H and O–H groups in total. The van der Waals surface area contributed by atoms with E-state index in [9.17, 15) is 0 Å². The van der Waals surface area contributed by atoms with E-state index in [-0.39, 0.29) is 18.9 Å². The van der Waals surface area contributed by atoms with Crippen LogP contribution >= 0.6 is 16.1 Å². The third-order valence-corrected chi connectivity index (χ3v) is 7.68. The van der Waals surface area contributed by atoms with Crippen LogP contribution in [0.5, 0.6) is 0 Å². The van der Waals surface area contributed by atoms with Gasteiger partial charge in [-0.1, -0.05) is 78.4 Å². The van der Waals surface area contributed by atoms with Gasteiger partial charge in [-0.3, -0.25) is 8.20 Å². The van der Waals surface area contributed by atoms with E-state index in [1.54, 1.807) is 0 Å². The van der Waals surface area contributed by atoms with Crippen molar-refractivity contribution in [3.05, 3.63) is 89.5 Å². The van der Waals surface area contributed by atoms with Crippen LogP contribution < -0.4 is 34.8 Å². The van der Waals surface area contributed by atoms with Crippen molar-refractivity contribution in [3.63, 3.8) is 0 Å². The van der Waals surface area contributed by atoms with Gasteiger partial charge >= 0.3 is 18.9 Å². The SMILES string of the molecule is Cc1cc(C)c(P=[C-]P(c2ccccc2)c2ccccc2)c(C)c1.[Li+]. The zero-order chi connectivity index (χ0) is 16.9. The molecule has 0 spiro atoms. The monoisotopic (exact) mass is 354 g/mol. The van der Waals surface area contributed by atoms with Crippen molar-refractivity contribution in [1.29, 1.82) is 0 Å². The Kier molecular flexibility index (Phi) is 7.69. The molecule has 0 atom stereocenters. The van der Waals surface area contributed by atoms with Crippen molar-refractivity contribution >= 4 is 37.6 Å². The molecule has 0 bridgehead atoms. The molecule has 0 nitrogen and oxygen atoms in total. The van der Waals surface area contributed by atoms with Crippen LogP contribution in [0.2, 0.25) is 0 Å². The summed E-state index contributed by atoms with van der Waals surface area (Å²) in [5.41, 5.74) is 7.86. The molecule has 0 saturated heterocycles. The third kappa shape index (κ3) is 5.17. The molecular formula is C22H21LiP2.